The van der Waals surface area contributed by atoms with Crippen molar-refractivity contribution in [1.82, 2.24) is 19.9 Å². The maximum absolute atomic E-state index is 14.0. The van der Waals surface area contributed by atoms with Crippen LogP contribution in [0.1, 0.15) is 58.9 Å². The summed E-state index contributed by atoms with van der Waals surface area (Å²) in [4.78, 5) is 17.2. The molecule has 10 heteroatoms. The molecular weight excluding hydrogens is 447 g/mol. The molecule has 9 nitrogen and oxygen atoms in total. The quantitative estimate of drug-likeness (QED) is 0.341. The number of rotatable bonds is 7. The molecule has 2 aliphatic rings. The van der Waals surface area contributed by atoms with Crippen LogP contribution in [-0.4, -0.2) is 75.3 Å². The van der Waals surface area contributed by atoms with Crippen LogP contribution in [0.25, 0.3) is 0 Å². The van der Waals surface area contributed by atoms with E-state index in [2.05, 4.69) is 44.3 Å². The minimum absolute atomic E-state index is 0.0686. The maximum atomic E-state index is 14.0. The fourth-order valence-electron chi connectivity index (χ4n) is 4.09. The van der Waals surface area contributed by atoms with Gasteiger partial charge in [0.1, 0.15) is 23.6 Å². The summed E-state index contributed by atoms with van der Waals surface area (Å²) in [7, 11) is 0. The molecule has 2 aliphatic heterocycles. The average Bonchev–Trinajstić information content (AvgIpc) is 3.42. The van der Waals surface area contributed by atoms with E-state index >= 15 is 0 Å². The first-order valence-electron chi connectivity index (χ1n) is 12.7. The molecule has 4 heterocycles. The van der Waals surface area contributed by atoms with Crippen molar-refractivity contribution in [2.24, 2.45) is 0 Å². The van der Waals surface area contributed by atoms with E-state index in [4.69, 9.17) is 5.41 Å². The number of amidine groups is 1. The number of halogens is 1. The van der Waals surface area contributed by atoms with Gasteiger partial charge in [0.05, 0.1) is 23.9 Å². The lowest BCUT2D eigenvalue weighted by Gasteiger charge is -2.32. The highest BCUT2D eigenvalue weighted by atomic mass is 19.1. The minimum atomic E-state index is -1.31. The van der Waals surface area contributed by atoms with Gasteiger partial charge in [-0.1, -0.05) is 20.8 Å². The molecule has 35 heavy (non-hydrogen) atoms. The van der Waals surface area contributed by atoms with Gasteiger partial charge in [-0.3, -0.25) is 5.41 Å². The SMILES string of the molecule is CC.CCC(C)Nc1cc(Nc2ccnc(N3CCC(O)C(F)C3)n2)ncc1C(=N)N1CCCC1. The molecule has 0 radical (unpaired) electrons. The lowest BCUT2D eigenvalue weighted by Crippen LogP contribution is -2.45. The number of nitrogens with one attached hydrogen (secondary N) is 3. The molecule has 3 atom stereocenters. The van der Waals surface area contributed by atoms with Crippen molar-refractivity contribution in [3.05, 3.63) is 30.1 Å². The summed E-state index contributed by atoms with van der Waals surface area (Å²) in [6, 6.07) is 3.89. The Balaban J connectivity index is 0.00000167. The third kappa shape index (κ3) is 6.78. The Morgan fingerprint density at radius 2 is 1.97 bits per heavy atom. The van der Waals surface area contributed by atoms with Gasteiger partial charge in [-0.05, 0) is 38.7 Å². The number of aliphatic hydroxyl groups excluding tert-OH is 1. The highest BCUT2D eigenvalue weighted by Gasteiger charge is 2.29. The van der Waals surface area contributed by atoms with E-state index in [1.807, 2.05) is 19.9 Å². The molecule has 192 valence electrons. The Morgan fingerprint density at radius 3 is 2.66 bits per heavy atom. The van der Waals surface area contributed by atoms with Gasteiger partial charge in [0.15, 0.2) is 0 Å². The summed E-state index contributed by atoms with van der Waals surface area (Å²) in [5.74, 6) is 2.06. The van der Waals surface area contributed by atoms with Crippen LogP contribution < -0.4 is 15.5 Å². The van der Waals surface area contributed by atoms with Crippen LogP contribution in [0.3, 0.4) is 0 Å². The fraction of sp³-hybridized carbons (Fsp3) is 0.600. The molecule has 3 unspecified atom stereocenters. The van der Waals surface area contributed by atoms with E-state index in [0.29, 0.717) is 36.4 Å². The molecule has 2 fully saturated rings. The van der Waals surface area contributed by atoms with Gasteiger partial charge in [0, 0.05) is 44.1 Å². The van der Waals surface area contributed by atoms with Crippen LogP contribution in [-0.2, 0) is 0 Å². The van der Waals surface area contributed by atoms with Crippen LogP contribution in [0.15, 0.2) is 24.5 Å². The van der Waals surface area contributed by atoms with Crippen molar-refractivity contribution in [2.75, 3.05) is 41.7 Å². The summed E-state index contributed by atoms with van der Waals surface area (Å²) in [5.41, 5.74) is 1.64. The summed E-state index contributed by atoms with van der Waals surface area (Å²) in [5, 5.41) is 25.0. The van der Waals surface area contributed by atoms with Gasteiger partial charge in [-0.25, -0.2) is 14.4 Å². The number of likely N-dealkylation sites (tertiary alicyclic amines) is 1. The third-order valence-corrected chi connectivity index (χ3v) is 6.28. The predicted molar refractivity (Wildman–Crippen MR) is 140 cm³/mol. The van der Waals surface area contributed by atoms with Crippen LogP contribution in [0.5, 0.6) is 0 Å². The van der Waals surface area contributed by atoms with E-state index in [-0.39, 0.29) is 12.6 Å². The van der Waals surface area contributed by atoms with Crippen molar-refractivity contribution in [3.63, 3.8) is 0 Å². The van der Waals surface area contributed by atoms with E-state index in [9.17, 15) is 9.50 Å². The van der Waals surface area contributed by atoms with Crippen LogP contribution in [0.2, 0.25) is 0 Å². The normalized spacial score (nSPS) is 20.6. The first-order chi connectivity index (χ1) is 16.9. The van der Waals surface area contributed by atoms with Crippen molar-refractivity contribution < 1.29 is 9.50 Å². The smallest absolute Gasteiger partial charge is 0.227 e. The molecule has 2 aromatic rings. The lowest BCUT2D eigenvalue weighted by molar-refractivity contribution is 0.0612. The number of alkyl halides is 1. The van der Waals surface area contributed by atoms with Crippen molar-refractivity contribution in [3.8, 4) is 0 Å². The van der Waals surface area contributed by atoms with Gasteiger partial charge in [-0.2, -0.15) is 4.98 Å². The first kappa shape index (κ1) is 26.6. The fourth-order valence-corrected chi connectivity index (χ4v) is 4.09. The molecule has 4 rings (SSSR count). The van der Waals surface area contributed by atoms with Gasteiger partial charge in [0.2, 0.25) is 5.95 Å². The zero-order valence-corrected chi connectivity index (χ0v) is 21.3. The van der Waals surface area contributed by atoms with Gasteiger partial charge in [0.25, 0.3) is 0 Å². The summed E-state index contributed by atoms with van der Waals surface area (Å²) >= 11 is 0. The molecule has 0 saturated carbocycles. The summed E-state index contributed by atoms with van der Waals surface area (Å²) in [6.07, 6.45) is 4.64. The van der Waals surface area contributed by atoms with Gasteiger partial charge < -0.3 is 25.5 Å². The average molecular weight is 487 g/mol. The zero-order chi connectivity index (χ0) is 25.4. The second-order valence-corrected chi connectivity index (χ2v) is 8.80. The molecule has 0 amide bonds. The second kappa shape index (κ2) is 12.6. The third-order valence-electron chi connectivity index (χ3n) is 6.28. The Bertz CT molecular complexity index is 968. The number of piperidine rings is 1. The topological polar surface area (TPSA) is 113 Å². The molecule has 2 saturated heterocycles. The Labute approximate surface area is 207 Å². The Hall–Kier alpha value is -3.01. The monoisotopic (exact) mass is 486 g/mol. The van der Waals surface area contributed by atoms with Gasteiger partial charge >= 0.3 is 0 Å². The number of aromatic nitrogens is 3. The van der Waals surface area contributed by atoms with E-state index in [0.717, 1.165) is 43.6 Å². The van der Waals surface area contributed by atoms with Crippen LogP contribution in [0, 0.1) is 5.41 Å². The largest absolute Gasteiger partial charge is 0.390 e. The molecule has 4 N–H and O–H groups in total. The molecule has 0 spiro atoms. The lowest BCUT2D eigenvalue weighted by atomic mass is 10.1. The van der Waals surface area contributed by atoms with E-state index in [1.54, 1.807) is 23.4 Å². The number of hydrogen-bond donors (Lipinski definition) is 4. The van der Waals surface area contributed by atoms with Crippen LogP contribution in [0.4, 0.5) is 27.7 Å². The van der Waals surface area contributed by atoms with Crippen LogP contribution >= 0.6 is 0 Å². The van der Waals surface area contributed by atoms with Gasteiger partial charge in [-0.15, -0.1) is 0 Å². The predicted octanol–water partition coefficient (Wildman–Crippen LogP) is 4.18. The van der Waals surface area contributed by atoms with Crippen molar-refractivity contribution >= 4 is 29.1 Å². The number of hydrogen-bond acceptors (Lipinski definition) is 8. The Kier molecular flexibility index (Phi) is 9.59. The molecule has 0 aliphatic carbocycles. The second-order valence-electron chi connectivity index (χ2n) is 8.80. The van der Waals surface area contributed by atoms with E-state index in [1.165, 1.54) is 0 Å². The molecular formula is C25H39FN8O. The number of nitrogens with zero attached hydrogens (tertiary/aromatic N) is 5. The highest BCUT2D eigenvalue weighted by Crippen LogP contribution is 2.26. The standard InChI is InChI=1S/C23H33FN8O.C2H6/c1-3-15(2)28-18-12-21(27-13-16(18)22(25)31-9-4-5-10-31)29-20-6-8-26-23(30-20)32-11-7-19(33)17(24)14-32;1-2/h6,8,12-13,15,17,19,25,33H,3-5,7,9-11,14H2,1-2H3,(H2,26,27,28,29,30);1-2H3. The van der Waals surface area contributed by atoms with Crippen molar-refractivity contribution in [1.29, 1.82) is 5.41 Å². The molecule has 2 aromatic heterocycles. The number of anilines is 4. The number of pyridine rings is 1. The first-order valence-corrected chi connectivity index (χ1v) is 12.7. The minimum Gasteiger partial charge on any atom is -0.390 e. The molecule has 0 bridgehead atoms. The zero-order valence-electron chi connectivity index (χ0n) is 21.3. The number of aliphatic hydroxyl groups is 1. The maximum Gasteiger partial charge on any atom is 0.227 e. The summed E-state index contributed by atoms with van der Waals surface area (Å²) in [6.45, 7) is 10.6. The van der Waals surface area contributed by atoms with E-state index < -0.39 is 12.3 Å². The van der Waals surface area contributed by atoms with Crippen molar-refractivity contribution in [2.45, 2.75) is 71.7 Å². The summed E-state index contributed by atoms with van der Waals surface area (Å²) < 4.78 is 14.0. The Morgan fingerprint density at radius 1 is 1.23 bits per heavy atom. The molecule has 0 aromatic carbocycles. The highest BCUT2D eigenvalue weighted by molar-refractivity contribution is 6.01.